The molecule has 1 N–H and O–H groups in total. The first-order valence-corrected chi connectivity index (χ1v) is 7.21. The van der Waals surface area contributed by atoms with E-state index >= 15 is 0 Å². The fourth-order valence-electron chi connectivity index (χ4n) is 2.96. The van der Waals surface area contributed by atoms with Crippen molar-refractivity contribution < 1.29 is 0 Å². The van der Waals surface area contributed by atoms with Gasteiger partial charge in [-0.3, -0.25) is 9.58 Å². The molecule has 1 fully saturated rings. The van der Waals surface area contributed by atoms with E-state index in [0.717, 1.165) is 32.7 Å². The molecule has 2 rings (SSSR count). The topological polar surface area (TPSA) is 33.1 Å². The molecule has 1 saturated heterocycles. The molecule has 1 aromatic rings. The zero-order valence-corrected chi connectivity index (χ0v) is 11.9. The van der Waals surface area contributed by atoms with Crippen LogP contribution in [0.1, 0.15) is 39.2 Å². The molecule has 18 heavy (non-hydrogen) atoms. The summed E-state index contributed by atoms with van der Waals surface area (Å²) in [5.74, 6) is 0. The molecule has 2 heterocycles. The van der Waals surface area contributed by atoms with Crippen LogP contribution in [0.4, 0.5) is 0 Å². The van der Waals surface area contributed by atoms with Crippen LogP contribution in [0.3, 0.4) is 0 Å². The first-order chi connectivity index (χ1) is 8.74. The lowest BCUT2D eigenvalue weighted by molar-refractivity contribution is 0.0447. The fourth-order valence-corrected chi connectivity index (χ4v) is 2.96. The SMILES string of the molecule is CCn1cc(CN2CCNCC2(CC)CC)cn1. The number of aromatic nitrogens is 2. The summed E-state index contributed by atoms with van der Waals surface area (Å²) >= 11 is 0. The minimum atomic E-state index is 0.326. The normalized spacial score (nSPS) is 20.2. The summed E-state index contributed by atoms with van der Waals surface area (Å²) in [5.41, 5.74) is 1.66. The highest BCUT2D eigenvalue weighted by Gasteiger charge is 2.35. The highest BCUT2D eigenvalue weighted by atomic mass is 15.3. The number of hydrogen-bond acceptors (Lipinski definition) is 3. The highest BCUT2D eigenvalue weighted by Crippen LogP contribution is 2.27. The standard InChI is InChI=1S/C14H26N4/c1-4-14(5-2)12-15-7-8-17(14)10-13-9-16-18(6-3)11-13/h9,11,15H,4-8,10,12H2,1-3H3. The van der Waals surface area contributed by atoms with Crippen molar-refractivity contribution in [2.24, 2.45) is 0 Å². The van der Waals surface area contributed by atoms with E-state index < -0.39 is 0 Å². The van der Waals surface area contributed by atoms with Crippen LogP contribution in [0.2, 0.25) is 0 Å². The summed E-state index contributed by atoms with van der Waals surface area (Å²) in [6.45, 7) is 12.1. The molecule has 0 bridgehead atoms. The van der Waals surface area contributed by atoms with Gasteiger partial charge in [-0.1, -0.05) is 13.8 Å². The van der Waals surface area contributed by atoms with E-state index in [1.54, 1.807) is 0 Å². The first-order valence-electron chi connectivity index (χ1n) is 7.21. The molecular formula is C14H26N4. The number of aryl methyl sites for hydroxylation is 1. The van der Waals surface area contributed by atoms with Gasteiger partial charge >= 0.3 is 0 Å². The largest absolute Gasteiger partial charge is 0.314 e. The van der Waals surface area contributed by atoms with Crippen molar-refractivity contribution in [1.29, 1.82) is 0 Å². The quantitative estimate of drug-likeness (QED) is 0.866. The van der Waals surface area contributed by atoms with E-state index in [9.17, 15) is 0 Å². The average molecular weight is 250 g/mol. The second-order valence-electron chi connectivity index (χ2n) is 5.23. The van der Waals surface area contributed by atoms with Gasteiger partial charge < -0.3 is 5.32 Å². The second kappa shape index (κ2) is 5.85. The molecule has 4 nitrogen and oxygen atoms in total. The molecule has 0 aliphatic carbocycles. The van der Waals surface area contributed by atoms with Gasteiger partial charge in [-0.05, 0) is 19.8 Å². The van der Waals surface area contributed by atoms with E-state index in [1.807, 2.05) is 10.9 Å². The first kappa shape index (κ1) is 13.6. The second-order valence-corrected chi connectivity index (χ2v) is 5.23. The van der Waals surface area contributed by atoms with Gasteiger partial charge in [-0.2, -0.15) is 5.10 Å². The van der Waals surface area contributed by atoms with Crippen LogP contribution in [0, 0.1) is 0 Å². The Morgan fingerprint density at radius 2 is 2.11 bits per heavy atom. The average Bonchev–Trinajstić information content (AvgIpc) is 2.87. The predicted octanol–water partition coefficient (Wildman–Crippen LogP) is 1.87. The van der Waals surface area contributed by atoms with Gasteiger partial charge in [0, 0.05) is 50.0 Å². The Morgan fingerprint density at radius 3 is 2.72 bits per heavy atom. The predicted molar refractivity (Wildman–Crippen MR) is 74.5 cm³/mol. The molecule has 4 heteroatoms. The van der Waals surface area contributed by atoms with E-state index in [0.29, 0.717) is 5.54 Å². The molecule has 0 aromatic carbocycles. The third-order valence-electron chi connectivity index (χ3n) is 4.38. The smallest absolute Gasteiger partial charge is 0.0534 e. The Hall–Kier alpha value is -0.870. The molecule has 1 aromatic heterocycles. The van der Waals surface area contributed by atoms with Crippen LogP contribution in [0.25, 0.3) is 0 Å². The summed E-state index contributed by atoms with van der Waals surface area (Å²) in [6, 6.07) is 0. The lowest BCUT2D eigenvalue weighted by atomic mass is 9.88. The monoisotopic (exact) mass is 250 g/mol. The van der Waals surface area contributed by atoms with Gasteiger partial charge in [-0.15, -0.1) is 0 Å². The zero-order valence-electron chi connectivity index (χ0n) is 11.9. The van der Waals surface area contributed by atoms with Crippen LogP contribution < -0.4 is 5.32 Å². The summed E-state index contributed by atoms with van der Waals surface area (Å²) in [7, 11) is 0. The van der Waals surface area contributed by atoms with Gasteiger partial charge in [-0.25, -0.2) is 0 Å². The van der Waals surface area contributed by atoms with Crippen LogP contribution in [-0.2, 0) is 13.1 Å². The zero-order chi connectivity index (χ0) is 13.0. The van der Waals surface area contributed by atoms with E-state index in [2.05, 4.69) is 42.3 Å². The molecule has 0 amide bonds. The van der Waals surface area contributed by atoms with Crippen molar-refractivity contribution >= 4 is 0 Å². The summed E-state index contributed by atoms with van der Waals surface area (Å²) in [5, 5.41) is 7.92. The number of hydrogen-bond donors (Lipinski definition) is 1. The Balaban J connectivity index is 2.09. The molecular weight excluding hydrogens is 224 g/mol. The van der Waals surface area contributed by atoms with Gasteiger partial charge in [0.1, 0.15) is 0 Å². The summed E-state index contributed by atoms with van der Waals surface area (Å²) in [4.78, 5) is 2.64. The van der Waals surface area contributed by atoms with Crippen molar-refractivity contribution in [1.82, 2.24) is 20.0 Å². The molecule has 1 aliphatic rings. The third kappa shape index (κ3) is 2.59. The maximum Gasteiger partial charge on any atom is 0.0534 e. The van der Waals surface area contributed by atoms with Crippen LogP contribution in [0.5, 0.6) is 0 Å². The Kier molecular flexibility index (Phi) is 4.40. The molecule has 1 aliphatic heterocycles. The number of nitrogens with zero attached hydrogens (tertiary/aromatic N) is 3. The minimum absolute atomic E-state index is 0.326. The van der Waals surface area contributed by atoms with Crippen LogP contribution >= 0.6 is 0 Å². The summed E-state index contributed by atoms with van der Waals surface area (Å²) in [6.07, 6.45) is 6.61. The van der Waals surface area contributed by atoms with Gasteiger partial charge in [0.05, 0.1) is 6.20 Å². The van der Waals surface area contributed by atoms with Crippen molar-refractivity contribution in [3.8, 4) is 0 Å². The van der Waals surface area contributed by atoms with E-state index in [1.165, 1.54) is 18.4 Å². The van der Waals surface area contributed by atoms with Crippen molar-refractivity contribution in [3.05, 3.63) is 18.0 Å². The van der Waals surface area contributed by atoms with Crippen molar-refractivity contribution in [3.63, 3.8) is 0 Å². The number of rotatable bonds is 5. The lowest BCUT2D eigenvalue weighted by Gasteiger charge is -2.47. The van der Waals surface area contributed by atoms with Gasteiger partial charge in [0.2, 0.25) is 0 Å². The Bertz CT molecular complexity index is 368. The van der Waals surface area contributed by atoms with Gasteiger partial charge in [0.15, 0.2) is 0 Å². The maximum atomic E-state index is 4.37. The highest BCUT2D eigenvalue weighted by molar-refractivity contribution is 5.06. The van der Waals surface area contributed by atoms with E-state index in [-0.39, 0.29) is 0 Å². The minimum Gasteiger partial charge on any atom is -0.314 e. The molecule has 102 valence electrons. The molecule has 0 saturated carbocycles. The molecule has 0 atom stereocenters. The summed E-state index contributed by atoms with van der Waals surface area (Å²) < 4.78 is 2.01. The number of piperazine rings is 1. The van der Waals surface area contributed by atoms with Crippen molar-refractivity contribution in [2.45, 2.75) is 52.2 Å². The van der Waals surface area contributed by atoms with E-state index in [4.69, 9.17) is 0 Å². The molecule has 0 unspecified atom stereocenters. The fraction of sp³-hybridized carbons (Fsp3) is 0.786. The Morgan fingerprint density at radius 1 is 1.33 bits per heavy atom. The van der Waals surface area contributed by atoms with Gasteiger partial charge in [0.25, 0.3) is 0 Å². The van der Waals surface area contributed by atoms with Crippen molar-refractivity contribution in [2.75, 3.05) is 19.6 Å². The Labute approximate surface area is 110 Å². The van der Waals surface area contributed by atoms with Crippen LogP contribution in [-0.4, -0.2) is 39.9 Å². The van der Waals surface area contributed by atoms with Crippen LogP contribution in [0.15, 0.2) is 12.4 Å². The third-order valence-corrected chi connectivity index (χ3v) is 4.38. The number of nitrogens with one attached hydrogen (secondary N) is 1. The maximum absolute atomic E-state index is 4.37. The lowest BCUT2D eigenvalue weighted by Crippen LogP contribution is -2.60. The molecule has 0 radical (unpaired) electrons. The molecule has 0 spiro atoms.